The second-order valence-corrected chi connectivity index (χ2v) is 3.99. The summed E-state index contributed by atoms with van der Waals surface area (Å²) < 4.78 is 13.5. The predicted octanol–water partition coefficient (Wildman–Crippen LogP) is 1.66. The molecule has 0 spiro atoms. The summed E-state index contributed by atoms with van der Waals surface area (Å²) in [5.74, 6) is -0.400. The van der Waals surface area contributed by atoms with Crippen molar-refractivity contribution < 1.29 is 14.6 Å². The van der Waals surface area contributed by atoms with Gasteiger partial charge in [-0.25, -0.2) is 4.39 Å². The van der Waals surface area contributed by atoms with Gasteiger partial charge in [-0.2, -0.15) is 0 Å². The zero-order valence-corrected chi connectivity index (χ0v) is 9.78. The summed E-state index contributed by atoms with van der Waals surface area (Å²) in [6.07, 6.45) is 0.374. The molecule has 1 aromatic rings. The van der Waals surface area contributed by atoms with Gasteiger partial charge in [0.15, 0.2) is 0 Å². The molecule has 1 aromatic carbocycles. The van der Waals surface area contributed by atoms with E-state index in [1.807, 2.05) is 0 Å². The van der Waals surface area contributed by atoms with Crippen LogP contribution in [0.2, 0.25) is 5.02 Å². The lowest BCUT2D eigenvalue weighted by Gasteiger charge is -2.28. The molecule has 0 radical (unpaired) electrons. The van der Waals surface area contributed by atoms with Crippen molar-refractivity contribution in [1.82, 2.24) is 0 Å². The molecule has 0 saturated carbocycles. The molecule has 0 fully saturated rings. The standard InChI is InChI=1S/C11H15ClFNO2/c1-14(9(7-16)4-5-15)11-6-8(12)2-3-10(11)13/h2-3,6,9,15-16H,4-5,7H2,1H3. The van der Waals surface area contributed by atoms with Gasteiger partial charge in [0.1, 0.15) is 5.82 Å². The van der Waals surface area contributed by atoms with Gasteiger partial charge in [-0.3, -0.25) is 0 Å². The van der Waals surface area contributed by atoms with E-state index < -0.39 is 5.82 Å². The highest BCUT2D eigenvalue weighted by Gasteiger charge is 2.17. The van der Waals surface area contributed by atoms with Gasteiger partial charge in [0.2, 0.25) is 0 Å². The van der Waals surface area contributed by atoms with E-state index in [9.17, 15) is 4.39 Å². The minimum atomic E-state index is -0.400. The number of halogens is 2. The molecule has 0 aromatic heterocycles. The van der Waals surface area contributed by atoms with Crippen LogP contribution in [0, 0.1) is 5.82 Å². The maximum absolute atomic E-state index is 13.5. The Bertz CT molecular complexity index is 349. The molecule has 1 unspecified atom stereocenters. The highest BCUT2D eigenvalue weighted by atomic mass is 35.5. The Morgan fingerprint density at radius 3 is 2.69 bits per heavy atom. The molecule has 3 nitrogen and oxygen atoms in total. The average Bonchev–Trinajstić information content (AvgIpc) is 2.28. The third-order valence-electron chi connectivity index (χ3n) is 2.51. The van der Waals surface area contributed by atoms with Crippen molar-refractivity contribution in [3.8, 4) is 0 Å². The fourth-order valence-electron chi connectivity index (χ4n) is 1.51. The number of anilines is 1. The molecule has 0 aliphatic carbocycles. The zero-order valence-electron chi connectivity index (χ0n) is 9.03. The summed E-state index contributed by atoms with van der Waals surface area (Å²) in [5, 5.41) is 18.4. The molecule has 90 valence electrons. The van der Waals surface area contributed by atoms with E-state index in [4.69, 9.17) is 21.8 Å². The fraction of sp³-hybridized carbons (Fsp3) is 0.455. The molecular weight excluding hydrogens is 233 g/mol. The zero-order chi connectivity index (χ0) is 12.1. The third kappa shape index (κ3) is 3.07. The first kappa shape index (κ1) is 13.2. The summed E-state index contributed by atoms with van der Waals surface area (Å²) in [5.41, 5.74) is 0.319. The van der Waals surface area contributed by atoms with Gasteiger partial charge in [0.25, 0.3) is 0 Å². The van der Waals surface area contributed by atoms with Crippen molar-refractivity contribution in [3.05, 3.63) is 29.0 Å². The van der Waals surface area contributed by atoms with Crippen LogP contribution >= 0.6 is 11.6 Å². The van der Waals surface area contributed by atoms with Crippen LogP contribution in [0.5, 0.6) is 0 Å². The Morgan fingerprint density at radius 2 is 2.12 bits per heavy atom. The molecular formula is C11H15ClFNO2. The Labute approximate surface area is 99.1 Å². The van der Waals surface area contributed by atoms with Crippen LogP contribution in [0.3, 0.4) is 0 Å². The van der Waals surface area contributed by atoms with E-state index in [1.165, 1.54) is 18.2 Å². The molecule has 1 atom stereocenters. The Hall–Kier alpha value is -0.840. The molecule has 0 aliphatic heterocycles. The van der Waals surface area contributed by atoms with Gasteiger partial charge in [0, 0.05) is 18.7 Å². The summed E-state index contributed by atoms with van der Waals surface area (Å²) >= 11 is 5.78. The molecule has 0 amide bonds. The Morgan fingerprint density at radius 1 is 1.44 bits per heavy atom. The number of aliphatic hydroxyl groups excluding tert-OH is 2. The summed E-state index contributed by atoms with van der Waals surface area (Å²) in [7, 11) is 1.66. The van der Waals surface area contributed by atoms with Crippen LogP contribution in [-0.2, 0) is 0 Å². The number of aliphatic hydroxyl groups is 2. The van der Waals surface area contributed by atoms with Gasteiger partial charge < -0.3 is 15.1 Å². The lowest BCUT2D eigenvalue weighted by Crippen LogP contribution is -2.36. The molecule has 0 bridgehead atoms. The quantitative estimate of drug-likeness (QED) is 0.832. The van der Waals surface area contributed by atoms with Gasteiger partial charge >= 0.3 is 0 Å². The normalized spacial score (nSPS) is 12.6. The van der Waals surface area contributed by atoms with E-state index >= 15 is 0 Å². The third-order valence-corrected chi connectivity index (χ3v) is 2.74. The van der Waals surface area contributed by atoms with Crippen LogP contribution < -0.4 is 4.90 Å². The van der Waals surface area contributed by atoms with Gasteiger partial charge in [-0.05, 0) is 24.6 Å². The van der Waals surface area contributed by atoms with Crippen molar-refractivity contribution in [1.29, 1.82) is 0 Å². The average molecular weight is 248 g/mol. The van der Waals surface area contributed by atoms with Crippen molar-refractivity contribution in [2.24, 2.45) is 0 Å². The van der Waals surface area contributed by atoms with Crippen molar-refractivity contribution in [2.45, 2.75) is 12.5 Å². The Kier molecular flexibility index (Phi) is 4.99. The maximum atomic E-state index is 13.5. The minimum absolute atomic E-state index is 0.0578. The molecule has 0 aliphatic rings. The number of rotatable bonds is 5. The number of benzene rings is 1. The number of nitrogens with zero attached hydrogens (tertiary/aromatic N) is 1. The second-order valence-electron chi connectivity index (χ2n) is 3.56. The first-order chi connectivity index (χ1) is 7.60. The Balaban J connectivity index is 2.93. The largest absolute Gasteiger partial charge is 0.396 e. The van der Waals surface area contributed by atoms with Crippen molar-refractivity contribution in [3.63, 3.8) is 0 Å². The predicted molar refractivity (Wildman–Crippen MR) is 62.4 cm³/mol. The monoisotopic (exact) mass is 247 g/mol. The van der Waals surface area contributed by atoms with E-state index in [-0.39, 0.29) is 19.3 Å². The maximum Gasteiger partial charge on any atom is 0.146 e. The topological polar surface area (TPSA) is 43.7 Å². The first-order valence-corrected chi connectivity index (χ1v) is 5.37. The van der Waals surface area contributed by atoms with Gasteiger partial charge in [-0.1, -0.05) is 11.6 Å². The van der Waals surface area contributed by atoms with E-state index in [1.54, 1.807) is 11.9 Å². The molecule has 5 heteroatoms. The molecule has 0 heterocycles. The van der Waals surface area contributed by atoms with Crippen molar-refractivity contribution >= 4 is 17.3 Å². The van der Waals surface area contributed by atoms with Crippen LogP contribution in [-0.4, -0.2) is 36.5 Å². The SMILES string of the molecule is CN(c1cc(Cl)ccc1F)C(CO)CCO. The summed E-state index contributed by atoms with van der Waals surface area (Å²) in [6.45, 7) is -0.208. The molecule has 16 heavy (non-hydrogen) atoms. The fourth-order valence-corrected chi connectivity index (χ4v) is 1.68. The smallest absolute Gasteiger partial charge is 0.146 e. The number of hydrogen-bond acceptors (Lipinski definition) is 3. The number of hydrogen-bond donors (Lipinski definition) is 2. The van der Waals surface area contributed by atoms with E-state index in [0.29, 0.717) is 17.1 Å². The molecule has 2 N–H and O–H groups in total. The van der Waals surface area contributed by atoms with Crippen LogP contribution in [0.4, 0.5) is 10.1 Å². The van der Waals surface area contributed by atoms with E-state index in [2.05, 4.69) is 0 Å². The summed E-state index contributed by atoms with van der Waals surface area (Å²) in [6, 6.07) is 3.92. The van der Waals surface area contributed by atoms with Crippen LogP contribution in [0.15, 0.2) is 18.2 Å². The first-order valence-electron chi connectivity index (χ1n) is 4.99. The second kappa shape index (κ2) is 6.03. The lowest BCUT2D eigenvalue weighted by atomic mass is 10.1. The van der Waals surface area contributed by atoms with Gasteiger partial charge in [-0.15, -0.1) is 0 Å². The van der Waals surface area contributed by atoms with Gasteiger partial charge in [0.05, 0.1) is 18.3 Å². The molecule has 0 saturated heterocycles. The van der Waals surface area contributed by atoms with Crippen LogP contribution in [0.25, 0.3) is 0 Å². The lowest BCUT2D eigenvalue weighted by molar-refractivity contribution is 0.217. The molecule has 1 rings (SSSR count). The van der Waals surface area contributed by atoms with E-state index in [0.717, 1.165) is 0 Å². The van der Waals surface area contributed by atoms with Crippen molar-refractivity contribution in [2.75, 3.05) is 25.2 Å². The number of likely N-dealkylation sites (N-methyl/N-ethyl adjacent to an activating group) is 1. The highest BCUT2D eigenvalue weighted by Crippen LogP contribution is 2.24. The minimum Gasteiger partial charge on any atom is -0.396 e. The van der Waals surface area contributed by atoms with Crippen LogP contribution in [0.1, 0.15) is 6.42 Å². The summed E-state index contributed by atoms with van der Waals surface area (Å²) in [4.78, 5) is 1.58. The highest BCUT2D eigenvalue weighted by molar-refractivity contribution is 6.30.